The smallest absolute Gasteiger partial charge is 0.230 e. The summed E-state index contributed by atoms with van der Waals surface area (Å²) in [4.78, 5) is 20.4. The van der Waals surface area contributed by atoms with E-state index in [9.17, 15) is 4.79 Å². The number of carbonyl (C=O) groups excluding carboxylic acids is 1. The van der Waals surface area contributed by atoms with E-state index in [2.05, 4.69) is 26.6 Å². The quantitative estimate of drug-likeness (QED) is 0.928. The summed E-state index contributed by atoms with van der Waals surface area (Å²) in [6.07, 6.45) is 2.69. The number of rotatable bonds is 4. The van der Waals surface area contributed by atoms with E-state index in [0.717, 1.165) is 30.9 Å². The highest BCUT2D eigenvalue weighted by molar-refractivity contribution is 7.09. The van der Waals surface area contributed by atoms with Gasteiger partial charge >= 0.3 is 0 Å². The van der Waals surface area contributed by atoms with E-state index in [1.165, 1.54) is 4.88 Å². The molecule has 3 heterocycles. The Balaban J connectivity index is 1.65. The van der Waals surface area contributed by atoms with Crippen molar-refractivity contribution in [2.75, 3.05) is 20.1 Å². The van der Waals surface area contributed by atoms with Crippen LogP contribution in [0.1, 0.15) is 22.2 Å². The van der Waals surface area contributed by atoms with Crippen molar-refractivity contribution < 1.29 is 4.79 Å². The number of aromatic nitrogens is 2. The molecule has 1 N–H and O–H groups in total. The van der Waals surface area contributed by atoms with E-state index in [0.29, 0.717) is 6.54 Å². The number of carbonyl (C=O) groups is 1. The molecule has 1 unspecified atom stereocenters. The molecule has 21 heavy (non-hydrogen) atoms. The standard InChI is InChI=1S/C15H20N4OS/c1-18-8-12(14-13(9-18)17-10-19(14)2)15(20)16-6-5-11-4-3-7-21-11/h3-4,7,10,12H,5-6,8-9H2,1-2H3,(H,16,20). The van der Waals surface area contributed by atoms with Gasteiger partial charge in [0, 0.05) is 31.6 Å². The highest BCUT2D eigenvalue weighted by Gasteiger charge is 2.32. The number of imidazole rings is 1. The van der Waals surface area contributed by atoms with Gasteiger partial charge in [0.2, 0.25) is 5.91 Å². The van der Waals surface area contributed by atoms with Crippen LogP contribution in [0.15, 0.2) is 23.8 Å². The molecule has 6 heteroatoms. The van der Waals surface area contributed by atoms with Crippen LogP contribution in [0.5, 0.6) is 0 Å². The van der Waals surface area contributed by atoms with Crippen LogP contribution in [-0.4, -0.2) is 40.5 Å². The van der Waals surface area contributed by atoms with Gasteiger partial charge in [-0.05, 0) is 24.9 Å². The minimum absolute atomic E-state index is 0.1000. The van der Waals surface area contributed by atoms with Gasteiger partial charge in [-0.15, -0.1) is 11.3 Å². The van der Waals surface area contributed by atoms with Crippen molar-refractivity contribution in [3.05, 3.63) is 40.1 Å². The summed E-state index contributed by atoms with van der Waals surface area (Å²) in [5.41, 5.74) is 2.08. The first-order valence-electron chi connectivity index (χ1n) is 7.14. The van der Waals surface area contributed by atoms with E-state index in [1.807, 2.05) is 24.7 Å². The van der Waals surface area contributed by atoms with Crippen LogP contribution in [0.4, 0.5) is 0 Å². The first kappa shape index (κ1) is 14.3. The number of hydrogen-bond donors (Lipinski definition) is 1. The summed E-state index contributed by atoms with van der Waals surface area (Å²) in [7, 11) is 3.99. The van der Waals surface area contributed by atoms with Gasteiger partial charge in [0.25, 0.3) is 0 Å². The van der Waals surface area contributed by atoms with Crippen LogP contribution in [0.3, 0.4) is 0 Å². The van der Waals surface area contributed by atoms with Gasteiger partial charge < -0.3 is 9.88 Å². The monoisotopic (exact) mass is 304 g/mol. The van der Waals surface area contributed by atoms with Crippen LogP contribution in [0.2, 0.25) is 0 Å². The van der Waals surface area contributed by atoms with Gasteiger partial charge in [0.15, 0.2) is 0 Å². The number of aryl methyl sites for hydroxylation is 1. The molecule has 0 spiro atoms. The molecule has 1 amide bonds. The minimum atomic E-state index is -0.130. The number of nitrogens with zero attached hydrogens (tertiary/aromatic N) is 3. The lowest BCUT2D eigenvalue weighted by molar-refractivity contribution is -0.123. The largest absolute Gasteiger partial charge is 0.355 e. The van der Waals surface area contributed by atoms with Crippen molar-refractivity contribution >= 4 is 17.2 Å². The first-order chi connectivity index (χ1) is 10.1. The highest BCUT2D eigenvalue weighted by Crippen LogP contribution is 2.26. The maximum absolute atomic E-state index is 12.5. The molecule has 0 bridgehead atoms. The van der Waals surface area contributed by atoms with Crippen molar-refractivity contribution in [3.63, 3.8) is 0 Å². The van der Waals surface area contributed by atoms with Gasteiger partial charge in [-0.3, -0.25) is 9.69 Å². The van der Waals surface area contributed by atoms with E-state index in [1.54, 1.807) is 17.7 Å². The molecule has 2 aromatic rings. The zero-order valence-electron chi connectivity index (χ0n) is 12.4. The zero-order valence-corrected chi connectivity index (χ0v) is 13.2. The number of amides is 1. The lowest BCUT2D eigenvalue weighted by Gasteiger charge is -2.29. The van der Waals surface area contributed by atoms with Crippen molar-refractivity contribution in [1.82, 2.24) is 19.8 Å². The summed E-state index contributed by atoms with van der Waals surface area (Å²) in [6, 6.07) is 4.14. The molecule has 3 rings (SSSR count). The summed E-state index contributed by atoms with van der Waals surface area (Å²) < 4.78 is 1.98. The molecular formula is C15H20N4OS. The maximum atomic E-state index is 12.5. The Labute approximate surface area is 128 Å². The Morgan fingerprint density at radius 2 is 2.38 bits per heavy atom. The summed E-state index contributed by atoms with van der Waals surface area (Å²) in [5, 5.41) is 5.13. The van der Waals surface area contributed by atoms with Crippen LogP contribution in [0, 0.1) is 0 Å². The number of hydrogen-bond acceptors (Lipinski definition) is 4. The predicted molar refractivity (Wildman–Crippen MR) is 83.3 cm³/mol. The van der Waals surface area contributed by atoms with Crippen molar-refractivity contribution in [3.8, 4) is 0 Å². The molecule has 1 atom stereocenters. The molecule has 112 valence electrons. The zero-order chi connectivity index (χ0) is 14.8. The van der Waals surface area contributed by atoms with Crippen LogP contribution in [0.25, 0.3) is 0 Å². The second-order valence-corrected chi connectivity index (χ2v) is 6.59. The van der Waals surface area contributed by atoms with Crippen molar-refractivity contribution in [2.45, 2.75) is 18.9 Å². The van der Waals surface area contributed by atoms with Crippen molar-refractivity contribution in [1.29, 1.82) is 0 Å². The van der Waals surface area contributed by atoms with Gasteiger partial charge in [-0.1, -0.05) is 6.07 Å². The fraction of sp³-hybridized carbons (Fsp3) is 0.467. The van der Waals surface area contributed by atoms with E-state index >= 15 is 0 Å². The molecule has 0 saturated carbocycles. The number of nitrogens with one attached hydrogen (secondary N) is 1. The number of likely N-dealkylation sites (N-methyl/N-ethyl adjacent to an activating group) is 1. The Morgan fingerprint density at radius 1 is 1.52 bits per heavy atom. The molecular weight excluding hydrogens is 284 g/mol. The van der Waals surface area contributed by atoms with Gasteiger partial charge in [-0.25, -0.2) is 4.98 Å². The lowest BCUT2D eigenvalue weighted by Crippen LogP contribution is -2.41. The molecule has 0 radical (unpaired) electrons. The normalized spacial score (nSPS) is 18.5. The minimum Gasteiger partial charge on any atom is -0.355 e. The van der Waals surface area contributed by atoms with Gasteiger partial charge in [0.1, 0.15) is 0 Å². The summed E-state index contributed by atoms with van der Waals surface area (Å²) >= 11 is 1.73. The first-order valence-corrected chi connectivity index (χ1v) is 8.02. The predicted octanol–water partition coefficient (Wildman–Crippen LogP) is 1.37. The molecule has 1 aliphatic rings. The van der Waals surface area contributed by atoms with Gasteiger partial charge in [-0.2, -0.15) is 0 Å². The highest BCUT2D eigenvalue weighted by atomic mass is 32.1. The molecule has 2 aromatic heterocycles. The second kappa shape index (κ2) is 5.99. The SMILES string of the molecule is CN1Cc2ncn(C)c2C(C(=O)NCCc2cccs2)C1. The Kier molecular flexibility index (Phi) is 4.07. The third-order valence-corrected chi connectivity index (χ3v) is 4.81. The number of fused-ring (bicyclic) bond motifs is 1. The van der Waals surface area contributed by atoms with E-state index in [-0.39, 0.29) is 11.8 Å². The van der Waals surface area contributed by atoms with Crippen molar-refractivity contribution in [2.24, 2.45) is 7.05 Å². The molecule has 0 aromatic carbocycles. The van der Waals surface area contributed by atoms with Gasteiger partial charge in [0.05, 0.1) is 23.6 Å². The average Bonchev–Trinajstić information content (AvgIpc) is 3.08. The fourth-order valence-electron chi connectivity index (χ4n) is 2.87. The van der Waals surface area contributed by atoms with Crippen LogP contribution >= 0.6 is 11.3 Å². The van der Waals surface area contributed by atoms with E-state index < -0.39 is 0 Å². The molecule has 0 aliphatic carbocycles. The molecule has 0 fully saturated rings. The second-order valence-electron chi connectivity index (χ2n) is 5.56. The van der Waals surface area contributed by atoms with Crippen LogP contribution in [-0.2, 0) is 24.8 Å². The topological polar surface area (TPSA) is 50.2 Å². The third-order valence-electron chi connectivity index (χ3n) is 3.87. The number of thiophene rings is 1. The Bertz CT molecular complexity index is 620. The molecule has 0 saturated heterocycles. The molecule has 1 aliphatic heterocycles. The average molecular weight is 304 g/mol. The third kappa shape index (κ3) is 3.01. The summed E-state index contributed by atoms with van der Waals surface area (Å²) in [6.45, 7) is 2.25. The molecule has 5 nitrogen and oxygen atoms in total. The maximum Gasteiger partial charge on any atom is 0.230 e. The Morgan fingerprint density at radius 3 is 3.14 bits per heavy atom. The fourth-order valence-corrected chi connectivity index (χ4v) is 3.58. The lowest BCUT2D eigenvalue weighted by atomic mass is 9.97. The van der Waals surface area contributed by atoms with Crippen LogP contribution < -0.4 is 5.32 Å². The summed E-state index contributed by atoms with van der Waals surface area (Å²) in [5.74, 6) is -0.0301. The van der Waals surface area contributed by atoms with E-state index in [4.69, 9.17) is 0 Å². The Hall–Kier alpha value is -1.66.